The van der Waals surface area contributed by atoms with E-state index in [4.69, 9.17) is 4.74 Å². The van der Waals surface area contributed by atoms with Crippen molar-refractivity contribution in [3.05, 3.63) is 35.9 Å². The van der Waals surface area contributed by atoms with Crippen LogP contribution in [0.2, 0.25) is 0 Å². The van der Waals surface area contributed by atoms with Gasteiger partial charge in [-0.25, -0.2) is 0 Å². The second kappa shape index (κ2) is 5.76. The molecule has 58 valence electrons. The average molecular weight is 325 g/mol. The van der Waals surface area contributed by atoms with Gasteiger partial charge in [-0.2, -0.15) is 0 Å². The third-order valence-electron chi connectivity index (χ3n) is 1.55. The van der Waals surface area contributed by atoms with Crippen molar-refractivity contribution in [1.82, 2.24) is 0 Å². The second-order valence-electron chi connectivity index (χ2n) is 2.25. The summed E-state index contributed by atoms with van der Waals surface area (Å²) in [6, 6.07) is 8.03. The number of rotatable bonds is 0. The SMILES string of the molecule is C1=Cc2ccccc2OC1.[Te].[Zn]. The van der Waals surface area contributed by atoms with Crippen LogP contribution >= 0.6 is 0 Å². The normalized spacial score (nSPS) is 11.7. The van der Waals surface area contributed by atoms with Gasteiger partial charge in [-0.1, -0.05) is 24.3 Å². The van der Waals surface area contributed by atoms with E-state index in [1.54, 1.807) is 0 Å². The van der Waals surface area contributed by atoms with Crippen LogP contribution in [0.1, 0.15) is 5.56 Å². The minimum Gasteiger partial charge on any atom is -0.489 e. The van der Waals surface area contributed by atoms with E-state index >= 15 is 0 Å². The fraction of sp³-hybridized carbons (Fsp3) is 0.111. The first-order chi connectivity index (χ1) is 4.97. The van der Waals surface area contributed by atoms with Crippen LogP contribution < -0.4 is 4.74 Å². The summed E-state index contributed by atoms with van der Waals surface area (Å²) < 4.78 is 5.34. The minimum absolute atomic E-state index is 0. The van der Waals surface area contributed by atoms with Gasteiger partial charge in [0.2, 0.25) is 0 Å². The van der Waals surface area contributed by atoms with E-state index in [1.807, 2.05) is 30.3 Å². The van der Waals surface area contributed by atoms with E-state index in [0.29, 0.717) is 6.61 Å². The maximum Gasteiger partial charge on any atom is 0.126 e. The molecule has 0 spiro atoms. The summed E-state index contributed by atoms with van der Waals surface area (Å²) in [5.41, 5.74) is 1.17. The first kappa shape index (κ1) is 12.2. The molecule has 2 rings (SSSR count). The van der Waals surface area contributed by atoms with Gasteiger partial charge in [0.15, 0.2) is 0 Å². The summed E-state index contributed by atoms with van der Waals surface area (Å²) >= 11 is 0. The first-order valence-corrected chi connectivity index (χ1v) is 3.35. The fourth-order valence-electron chi connectivity index (χ4n) is 1.06. The van der Waals surface area contributed by atoms with E-state index in [2.05, 4.69) is 6.08 Å². The summed E-state index contributed by atoms with van der Waals surface area (Å²) in [7, 11) is 0. The summed E-state index contributed by atoms with van der Waals surface area (Å²) in [5.74, 6) is 0.991. The third-order valence-corrected chi connectivity index (χ3v) is 1.55. The smallest absolute Gasteiger partial charge is 0.126 e. The van der Waals surface area contributed by atoms with Crippen molar-refractivity contribution in [1.29, 1.82) is 0 Å². The van der Waals surface area contributed by atoms with Crippen molar-refractivity contribution in [3.63, 3.8) is 0 Å². The van der Waals surface area contributed by atoms with E-state index in [9.17, 15) is 0 Å². The zero-order valence-corrected chi connectivity index (χ0v) is 12.0. The zero-order valence-electron chi connectivity index (χ0n) is 6.69. The molecule has 0 bridgehead atoms. The van der Waals surface area contributed by atoms with Crippen molar-refractivity contribution >= 4 is 29.7 Å². The molecule has 1 aromatic carbocycles. The monoisotopic (exact) mass is 326 g/mol. The van der Waals surface area contributed by atoms with Gasteiger partial charge < -0.3 is 4.74 Å². The average Bonchev–Trinajstić information content (AvgIpc) is 2.05. The van der Waals surface area contributed by atoms with Gasteiger partial charge in [0.1, 0.15) is 12.4 Å². The van der Waals surface area contributed by atoms with Gasteiger partial charge in [0, 0.05) is 48.7 Å². The van der Waals surface area contributed by atoms with Crippen molar-refractivity contribution in [3.8, 4) is 5.75 Å². The van der Waals surface area contributed by atoms with E-state index < -0.39 is 0 Å². The fourth-order valence-corrected chi connectivity index (χ4v) is 1.06. The van der Waals surface area contributed by atoms with Crippen LogP contribution in [0, 0.1) is 0 Å². The maximum absolute atomic E-state index is 5.34. The number of hydrogen-bond acceptors (Lipinski definition) is 1. The van der Waals surface area contributed by atoms with Gasteiger partial charge in [-0.3, -0.25) is 0 Å². The molecular weight excluding hydrogens is 317 g/mol. The number of benzene rings is 1. The van der Waals surface area contributed by atoms with Crippen molar-refractivity contribution in [2.75, 3.05) is 6.61 Å². The van der Waals surface area contributed by atoms with Crippen LogP contribution in [-0.4, -0.2) is 30.3 Å². The second-order valence-corrected chi connectivity index (χ2v) is 2.25. The molecule has 1 nitrogen and oxygen atoms in total. The Balaban J connectivity index is 0.000000605. The van der Waals surface area contributed by atoms with Crippen LogP contribution in [0.25, 0.3) is 6.08 Å². The zero-order chi connectivity index (χ0) is 6.81. The van der Waals surface area contributed by atoms with Crippen LogP contribution in [0.4, 0.5) is 0 Å². The van der Waals surface area contributed by atoms with E-state index in [0.717, 1.165) is 5.75 Å². The van der Waals surface area contributed by atoms with Gasteiger partial charge >= 0.3 is 0 Å². The maximum atomic E-state index is 5.34. The molecule has 0 aliphatic carbocycles. The topological polar surface area (TPSA) is 9.23 Å². The van der Waals surface area contributed by atoms with Gasteiger partial charge in [0.05, 0.1) is 0 Å². The molecule has 2 radical (unpaired) electrons. The van der Waals surface area contributed by atoms with Gasteiger partial charge in [-0.05, 0) is 12.1 Å². The summed E-state index contributed by atoms with van der Waals surface area (Å²) in [4.78, 5) is 0. The standard InChI is InChI=1S/C9H8O.Te.Zn/c1-2-6-9-8(4-1)5-3-7-10-9;;/h1-6H,7H2;;. The molecule has 1 aliphatic heterocycles. The first-order valence-electron chi connectivity index (χ1n) is 3.35. The predicted molar refractivity (Wildman–Crippen MR) is 46.7 cm³/mol. The van der Waals surface area contributed by atoms with E-state index in [-0.39, 0.29) is 43.1 Å². The van der Waals surface area contributed by atoms with Gasteiger partial charge in [0.25, 0.3) is 0 Å². The molecule has 0 amide bonds. The number of ether oxygens (including phenoxy) is 1. The summed E-state index contributed by atoms with van der Waals surface area (Å²) in [5, 5.41) is 0. The molecular formula is C9H8OTeZn. The van der Waals surface area contributed by atoms with Crippen molar-refractivity contribution in [2.24, 2.45) is 0 Å². The van der Waals surface area contributed by atoms with Crippen LogP contribution in [0.5, 0.6) is 5.75 Å². The Kier molecular flexibility index (Phi) is 5.84. The quantitative estimate of drug-likeness (QED) is 0.660. The molecule has 12 heavy (non-hydrogen) atoms. The number of fused-ring (bicyclic) bond motifs is 1. The molecule has 1 aromatic rings. The molecule has 3 heteroatoms. The van der Waals surface area contributed by atoms with Crippen LogP contribution in [0.15, 0.2) is 30.3 Å². The molecule has 0 saturated heterocycles. The Morgan fingerprint density at radius 1 is 1.17 bits per heavy atom. The number of hydrogen-bond donors (Lipinski definition) is 0. The van der Waals surface area contributed by atoms with Crippen molar-refractivity contribution < 1.29 is 24.2 Å². The van der Waals surface area contributed by atoms with E-state index in [1.165, 1.54) is 5.56 Å². The molecule has 0 unspecified atom stereocenters. The molecule has 0 atom stereocenters. The summed E-state index contributed by atoms with van der Waals surface area (Å²) in [6.07, 6.45) is 4.10. The Labute approximate surface area is 102 Å². The molecule has 1 heterocycles. The van der Waals surface area contributed by atoms with Crippen LogP contribution in [-0.2, 0) is 19.5 Å². The molecule has 0 N–H and O–H groups in total. The molecule has 1 aliphatic rings. The Hall–Kier alpha value is 0.173. The molecule has 0 saturated carbocycles. The third kappa shape index (κ3) is 2.59. The van der Waals surface area contributed by atoms with Gasteiger partial charge in [-0.15, -0.1) is 0 Å². The Morgan fingerprint density at radius 3 is 2.67 bits per heavy atom. The molecule has 0 aromatic heterocycles. The summed E-state index contributed by atoms with van der Waals surface area (Å²) in [6.45, 7) is 0.705. The Bertz CT molecular complexity index is 273. The Morgan fingerprint density at radius 2 is 1.92 bits per heavy atom. The largest absolute Gasteiger partial charge is 0.489 e. The van der Waals surface area contributed by atoms with Crippen LogP contribution in [0.3, 0.4) is 0 Å². The predicted octanol–water partition coefficient (Wildman–Crippen LogP) is 1.71. The molecule has 0 fully saturated rings. The van der Waals surface area contributed by atoms with Crippen molar-refractivity contribution in [2.45, 2.75) is 0 Å². The number of para-hydroxylation sites is 1. The minimum atomic E-state index is 0.